The predicted molar refractivity (Wildman–Crippen MR) is 59.5 cm³/mol. The molecule has 1 rings (SSSR count). The second-order valence-corrected chi connectivity index (χ2v) is 5.82. The minimum absolute atomic E-state index is 0.128. The molecule has 0 bridgehead atoms. The van der Waals surface area contributed by atoms with Gasteiger partial charge in [0, 0.05) is 4.83 Å². The Kier molecular flexibility index (Phi) is 4.23. The minimum atomic E-state index is -0.485. The van der Waals surface area contributed by atoms with E-state index in [1.165, 1.54) is 6.42 Å². The molecule has 76 valence electrons. The predicted octanol–water partition coefficient (Wildman–Crippen LogP) is 3.02. The Labute approximate surface area is 95.7 Å². The van der Waals surface area contributed by atoms with Gasteiger partial charge in [0.2, 0.25) is 0 Å². The Morgan fingerprint density at radius 1 is 1.62 bits per heavy atom. The molecule has 2 atom stereocenters. The zero-order valence-electron chi connectivity index (χ0n) is 7.69. The average molecular weight is 314 g/mol. The number of rotatable bonds is 2. The molecule has 0 spiro atoms. The van der Waals surface area contributed by atoms with Gasteiger partial charge in [-0.1, -0.05) is 44.7 Å². The number of carbonyl (C=O) groups is 1. The third-order valence-electron chi connectivity index (χ3n) is 2.36. The Hall–Kier alpha value is 0.430. The maximum atomic E-state index is 11.6. The van der Waals surface area contributed by atoms with E-state index in [9.17, 15) is 4.79 Å². The molecule has 0 unspecified atom stereocenters. The monoisotopic (exact) mass is 312 g/mol. The summed E-state index contributed by atoms with van der Waals surface area (Å²) in [7, 11) is 0. The normalized spacial score (nSPS) is 34.2. The van der Waals surface area contributed by atoms with Crippen LogP contribution in [0.3, 0.4) is 0 Å². The van der Waals surface area contributed by atoms with Gasteiger partial charge in [-0.2, -0.15) is 0 Å². The van der Waals surface area contributed by atoms with Crippen molar-refractivity contribution < 1.29 is 9.53 Å². The van der Waals surface area contributed by atoms with Crippen molar-refractivity contribution in [3.05, 3.63) is 0 Å². The summed E-state index contributed by atoms with van der Waals surface area (Å²) in [5.74, 6) is -0.128. The van der Waals surface area contributed by atoms with Crippen LogP contribution < -0.4 is 0 Å². The molecule has 0 aliphatic heterocycles. The lowest BCUT2D eigenvalue weighted by Crippen LogP contribution is -2.44. The smallest absolute Gasteiger partial charge is 0.324 e. The van der Waals surface area contributed by atoms with E-state index in [0.717, 1.165) is 19.3 Å². The molecular formula is C9H14Br2O2. The fourth-order valence-electron chi connectivity index (χ4n) is 1.57. The summed E-state index contributed by atoms with van der Waals surface area (Å²) in [6, 6.07) is 0. The summed E-state index contributed by atoms with van der Waals surface area (Å²) in [6.45, 7) is 2.28. The summed E-state index contributed by atoms with van der Waals surface area (Å²) in [5.41, 5.74) is 0. The Morgan fingerprint density at radius 3 is 2.85 bits per heavy atom. The molecule has 2 nitrogen and oxygen atoms in total. The number of alkyl halides is 2. The van der Waals surface area contributed by atoms with Crippen molar-refractivity contribution in [3.63, 3.8) is 0 Å². The van der Waals surface area contributed by atoms with Crippen LogP contribution >= 0.6 is 31.9 Å². The molecule has 0 aromatic heterocycles. The molecule has 0 saturated heterocycles. The topological polar surface area (TPSA) is 26.3 Å². The van der Waals surface area contributed by atoms with Crippen LogP contribution in [0.1, 0.15) is 32.6 Å². The number of ether oxygens (including phenoxy) is 1. The molecule has 1 aliphatic carbocycles. The number of hydrogen-bond acceptors (Lipinski definition) is 2. The van der Waals surface area contributed by atoms with Crippen molar-refractivity contribution in [2.45, 2.75) is 41.8 Å². The van der Waals surface area contributed by atoms with E-state index in [1.54, 1.807) is 0 Å². The first-order valence-corrected chi connectivity index (χ1v) is 6.32. The first-order valence-electron chi connectivity index (χ1n) is 4.61. The van der Waals surface area contributed by atoms with Crippen molar-refractivity contribution in [1.82, 2.24) is 0 Å². The molecule has 0 aromatic rings. The molecule has 0 heterocycles. The number of halogens is 2. The Balaban J connectivity index is 2.65. The summed E-state index contributed by atoms with van der Waals surface area (Å²) in [6.07, 6.45) is 4.17. The maximum Gasteiger partial charge on any atom is 0.324 e. The summed E-state index contributed by atoms with van der Waals surface area (Å²) in [5, 5.41) is 0. The van der Waals surface area contributed by atoms with Crippen molar-refractivity contribution in [1.29, 1.82) is 0 Å². The zero-order valence-corrected chi connectivity index (χ0v) is 10.9. The van der Waals surface area contributed by atoms with Crippen molar-refractivity contribution in [2.24, 2.45) is 0 Å². The first kappa shape index (κ1) is 11.5. The van der Waals surface area contributed by atoms with Gasteiger partial charge in [-0.15, -0.1) is 0 Å². The third kappa shape index (κ3) is 2.46. The van der Waals surface area contributed by atoms with Gasteiger partial charge in [0.1, 0.15) is 4.32 Å². The molecule has 13 heavy (non-hydrogen) atoms. The standard InChI is InChI=1S/C9H14Br2O2/c1-2-13-8(12)9(11)6-4-3-5-7(9)10/h7H,2-6H2,1H3/t7-,9-/m0/s1. The number of carbonyl (C=O) groups excluding carboxylic acids is 1. The van der Waals surface area contributed by atoms with Gasteiger partial charge >= 0.3 is 5.97 Å². The quantitative estimate of drug-likeness (QED) is 0.578. The number of hydrogen-bond donors (Lipinski definition) is 0. The average Bonchev–Trinajstić information content (AvgIpc) is 2.11. The highest BCUT2D eigenvalue weighted by Crippen LogP contribution is 2.41. The Bertz CT molecular complexity index is 196. The molecule has 0 aromatic carbocycles. The second kappa shape index (κ2) is 4.78. The molecule has 1 saturated carbocycles. The van der Waals surface area contributed by atoms with Gasteiger partial charge in [-0.25, -0.2) is 0 Å². The lowest BCUT2D eigenvalue weighted by molar-refractivity contribution is -0.146. The van der Waals surface area contributed by atoms with Gasteiger partial charge in [0.15, 0.2) is 0 Å². The number of esters is 1. The highest BCUT2D eigenvalue weighted by molar-refractivity contribution is 9.12. The molecule has 1 aliphatic rings. The van der Waals surface area contributed by atoms with E-state index in [4.69, 9.17) is 4.74 Å². The maximum absolute atomic E-state index is 11.6. The lowest BCUT2D eigenvalue weighted by Gasteiger charge is -2.33. The summed E-state index contributed by atoms with van der Waals surface area (Å²) in [4.78, 5) is 11.8. The summed E-state index contributed by atoms with van der Waals surface area (Å²) >= 11 is 7.04. The van der Waals surface area contributed by atoms with Crippen molar-refractivity contribution >= 4 is 37.8 Å². The molecule has 0 radical (unpaired) electrons. The fourth-order valence-corrected chi connectivity index (χ4v) is 2.94. The second-order valence-electron chi connectivity index (χ2n) is 3.30. The largest absolute Gasteiger partial charge is 0.465 e. The summed E-state index contributed by atoms with van der Waals surface area (Å²) < 4.78 is 4.55. The van der Waals surface area contributed by atoms with Gasteiger partial charge in [0.05, 0.1) is 6.61 Å². The molecule has 1 fully saturated rings. The van der Waals surface area contributed by atoms with Gasteiger partial charge in [-0.3, -0.25) is 4.79 Å². The fraction of sp³-hybridized carbons (Fsp3) is 0.889. The van der Waals surface area contributed by atoms with E-state index >= 15 is 0 Å². The highest BCUT2D eigenvalue weighted by Gasteiger charge is 2.44. The minimum Gasteiger partial charge on any atom is -0.465 e. The van der Waals surface area contributed by atoms with Crippen LogP contribution in [0.4, 0.5) is 0 Å². The van der Waals surface area contributed by atoms with E-state index in [1.807, 2.05) is 6.92 Å². The van der Waals surface area contributed by atoms with Crippen molar-refractivity contribution in [2.75, 3.05) is 6.61 Å². The lowest BCUT2D eigenvalue weighted by atomic mass is 9.89. The molecular weight excluding hydrogens is 300 g/mol. The van der Waals surface area contributed by atoms with Crippen LogP contribution in [0, 0.1) is 0 Å². The van der Waals surface area contributed by atoms with E-state index < -0.39 is 4.32 Å². The van der Waals surface area contributed by atoms with E-state index in [0.29, 0.717) is 6.61 Å². The van der Waals surface area contributed by atoms with E-state index in [-0.39, 0.29) is 10.8 Å². The van der Waals surface area contributed by atoms with Crippen LogP contribution in [-0.4, -0.2) is 21.7 Å². The molecule has 4 heteroatoms. The van der Waals surface area contributed by atoms with Gasteiger partial charge < -0.3 is 4.74 Å². The van der Waals surface area contributed by atoms with Crippen molar-refractivity contribution in [3.8, 4) is 0 Å². The van der Waals surface area contributed by atoms with E-state index in [2.05, 4.69) is 31.9 Å². The van der Waals surface area contributed by atoms with Crippen LogP contribution in [0.15, 0.2) is 0 Å². The first-order chi connectivity index (χ1) is 6.11. The molecule has 0 N–H and O–H groups in total. The zero-order chi connectivity index (χ0) is 9.90. The SMILES string of the molecule is CCOC(=O)[C@]1(Br)CCCC[C@@H]1Br. The van der Waals surface area contributed by atoms with Gasteiger partial charge in [-0.05, 0) is 19.8 Å². The van der Waals surface area contributed by atoms with Crippen LogP contribution in [0.25, 0.3) is 0 Å². The van der Waals surface area contributed by atoms with Crippen LogP contribution in [0.5, 0.6) is 0 Å². The van der Waals surface area contributed by atoms with Gasteiger partial charge in [0.25, 0.3) is 0 Å². The highest BCUT2D eigenvalue weighted by atomic mass is 79.9. The third-order valence-corrected chi connectivity index (χ3v) is 5.49. The van der Waals surface area contributed by atoms with Crippen LogP contribution in [-0.2, 0) is 9.53 Å². The van der Waals surface area contributed by atoms with Crippen LogP contribution in [0.2, 0.25) is 0 Å². The molecule has 0 amide bonds. The Morgan fingerprint density at radius 2 is 2.31 bits per heavy atom.